The van der Waals surface area contributed by atoms with Gasteiger partial charge in [-0.15, -0.1) is 11.3 Å². The number of anilines is 3. The molecule has 0 bridgehead atoms. The number of nitrogens with zero attached hydrogens (tertiary/aromatic N) is 2. The van der Waals surface area contributed by atoms with Crippen LogP contribution < -0.4 is 9.64 Å². The van der Waals surface area contributed by atoms with Gasteiger partial charge in [-0.3, -0.25) is 0 Å². The van der Waals surface area contributed by atoms with Crippen molar-refractivity contribution in [3.05, 3.63) is 157 Å². The number of para-hydroxylation sites is 5. The van der Waals surface area contributed by atoms with Gasteiger partial charge in [-0.1, -0.05) is 98.8 Å². The highest BCUT2D eigenvalue weighted by atomic mass is 32.1. The Morgan fingerprint density at radius 3 is 1.96 bits per heavy atom. The van der Waals surface area contributed by atoms with Gasteiger partial charge >= 0.3 is 0 Å². The molecule has 49 heavy (non-hydrogen) atoms. The predicted molar refractivity (Wildman–Crippen MR) is 206 cm³/mol. The van der Waals surface area contributed by atoms with Crippen molar-refractivity contribution in [1.82, 2.24) is 4.57 Å². The smallest absolute Gasteiger partial charge is 0.151 e. The Morgan fingerprint density at radius 2 is 1.18 bits per heavy atom. The summed E-state index contributed by atoms with van der Waals surface area (Å²) in [6, 6.07) is 52.6. The van der Waals surface area contributed by atoms with Crippen LogP contribution in [0.1, 0.15) is 25.0 Å². The van der Waals surface area contributed by atoms with Crippen molar-refractivity contribution in [2.75, 3.05) is 4.90 Å². The monoisotopic (exact) mass is 646 g/mol. The second-order valence-electron chi connectivity index (χ2n) is 13.7. The Kier molecular flexibility index (Phi) is 5.33. The second kappa shape index (κ2) is 9.62. The Morgan fingerprint density at radius 1 is 0.571 bits per heavy atom. The maximum atomic E-state index is 6.31. The van der Waals surface area contributed by atoms with Crippen molar-refractivity contribution in [3.63, 3.8) is 0 Å². The minimum atomic E-state index is -0.148. The number of thiophene rings is 1. The van der Waals surface area contributed by atoms with Gasteiger partial charge in [-0.25, -0.2) is 0 Å². The first kappa shape index (κ1) is 27.1. The third-order valence-electron chi connectivity index (χ3n) is 10.7. The van der Waals surface area contributed by atoms with Gasteiger partial charge in [0.25, 0.3) is 0 Å². The van der Waals surface area contributed by atoms with E-state index in [2.05, 4.69) is 145 Å². The number of hydrogen-bond donors (Lipinski definition) is 0. The van der Waals surface area contributed by atoms with Gasteiger partial charge in [0.1, 0.15) is 0 Å². The Hall–Kier alpha value is -5.84. The molecule has 9 aromatic rings. The maximum Gasteiger partial charge on any atom is 0.151 e. The largest absolute Gasteiger partial charge is 0.453 e. The molecule has 232 valence electrons. The highest BCUT2D eigenvalue weighted by Gasteiger charge is 2.40. The van der Waals surface area contributed by atoms with Crippen molar-refractivity contribution in [2.24, 2.45) is 0 Å². The summed E-state index contributed by atoms with van der Waals surface area (Å²) in [6.07, 6.45) is 0. The zero-order valence-corrected chi connectivity index (χ0v) is 27.9. The molecule has 1 aliphatic carbocycles. The van der Waals surface area contributed by atoms with E-state index in [9.17, 15) is 0 Å². The fraction of sp³-hybridized carbons (Fsp3) is 0.0667. The third kappa shape index (κ3) is 3.51. The molecule has 0 atom stereocenters. The zero-order valence-electron chi connectivity index (χ0n) is 27.1. The molecule has 0 unspecified atom stereocenters. The first-order valence-electron chi connectivity index (χ1n) is 16.9. The van der Waals surface area contributed by atoms with E-state index in [4.69, 9.17) is 4.74 Å². The summed E-state index contributed by atoms with van der Waals surface area (Å²) in [5.41, 5.74) is 12.3. The molecule has 0 saturated carbocycles. The molecular weight excluding hydrogens is 617 g/mol. The van der Waals surface area contributed by atoms with Crippen molar-refractivity contribution in [1.29, 1.82) is 0 Å². The fourth-order valence-electron chi connectivity index (χ4n) is 8.69. The average Bonchev–Trinajstić information content (AvgIpc) is 3.76. The van der Waals surface area contributed by atoms with Crippen LogP contribution in [0.15, 0.2) is 146 Å². The number of aromatic nitrogens is 1. The van der Waals surface area contributed by atoms with Crippen LogP contribution in [-0.4, -0.2) is 4.57 Å². The normalized spacial score (nSPS) is 14.2. The van der Waals surface area contributed by atoms with E-state index in [0.29, 0.717) is 0 Å². The summed E-state index contributed by atoms with van der Waals surface area (Å²) in [7, 11) is 0. The molecule has 0 saturated heterocycles. The zero-order chi connectivity index (χ0) is 32.4. The van der Waals surface area contributed by atoms with E-state index in [1.54, 1.807) is 0 Å². The lowest BCUT2D eigenvalue weighted by atomic mass is 9.80. The molecule has 2 aliphatic rings. The van der Waals surface area contributed by atoms with Crippen LogP contribution in [0.5, 0.6) is 11.5 Å². The minimum absolute atomic E-state index is 0.148. The number of rotatable bonds is 2. The molecule has 7 aromatic carbocycles. The van der Waals surface area contributed by atoms with Crippen LogP contribution >= 0.6 is 11.3 Å². The SMILES string of the molecule is CC1(C)c2ccccc2-c2c1c1c3ccccc3n(-c3ccc(N4c5ccccc5Oc5ccccc54)cc3)c1c1c2sc2ccccc21. The number of benzene rings is 7. The van der Waals surface area contributed by atoms with Gasteiger partial charge in [0, 0.05) is 53.3 Å². The molecule has 0 spiro atoms. The third-order valence-corrected chi connectivity index (χ3v) is 11.9. The van der Waals surface area contributed by atoms with Crippen LogP contribution in [0.4, 0.5) is 17.1 Å². The molecule has 0 radical (unpaired) electrons. The van der Waals surface area contributed by atoms with E-state index in [-0.39, 0.29) is 5.41 Å². The van der Waals surface area contributed by atoms with Crippen molar-refractivity contribution in [2.45, 2.75) is 19.3 Å². The first-order valence-corrected chi connectivity index (χ1v) is 17.7. The van der Waals surface area contributed by atoms with E-state index in [1.807, 2.05) is 35.6 Å². The summed E-state index contributed by atoms with van der Waals surface area (Å²) in [4.78, 5) is 2.31. The number of fused-ring (bicyclic) bond motifs is 14. The minimum Gasteiger partial charge on any atom is -0.453 e. The molecule has 1 aliphatic heterocycles. The molecule has 0 N–H and O–H groups in total. The predicted octanol–water partition coefficient (Wildman–Crippen LogP) is 13.0. The second-order valence-corrected chi connectivity index (χ2v) is 14.7. The van der Waals surface area contributed by atoms with Gasteiger partial charge in [0.2, 0.25) is 0 Å². The van der Waals surface area contributed by atoms with Crippen LogP contribution in [0.2, 0.25) is 0 Å². The summed E-state index contributed by atoms with van der Waals surface area (Å²) >= 11 is 1.94. The lowest BCUT2D eigenvalue weighted by Gasteiger charge is -2.32. The molecule has 3 nitrogen and oxygen atoms in total. The molecule has 3 heterocycles. The van der Waals surface area contributed by atoms with Crippen LogP contribution in [0, 0.1) is 0 Å². The van der Waals surface area contributed by atoms with Crippen molar-refractivity contribution < 1.29 is 4.74 Å². The standard InChI is InChI=1S/C45H30N2OS/c1-45(2)32-16-6-3-13-29(32)40-42(45)39-30-14-4-7-17-33(30)47(43(39)41-31-15-5-12-22-38(31)49-44(40)41)28-25-23-27(24-26-28)46-34-18-8-10-20-36(34)48-37-21-11-9-19-35(37)46/h3-26H,1-2H3. The molecule has 4 heteroatoms. The molecule has 2 aromatic heterocycles. The highest BCUT2D eigenvalue weighted by molar-refractivity contribution is 7.26. The van der Waals surface area contributed by atoms with Gasteiger partial charge < -0.3 is 14.2 Å². The molecule has 0 amide bonds. The lowest BCUT2D eigenvalue weighted by molar-refractivity contribution is 0.477. The van der Waals surface area contributed by atoms with Crippen molar-refractivity contribution in [3.8, 4) is 28.3 Å². The lowest BCUT2D eigenvalue weighted by Crippen LogP contribution is -2.15. The molecular formula is C45H30N2OS. The van der Waals surface area contributed by atoms with E-state index in [0.717, 1.165) is 34.2 Å². The summed E-state index contributed by atoms with van der Waals surface area (Å²) < 4.78 is 11.5. The van der Waals surface area contributed by atoms with Crippen LogP contribution in [0.25, 0.3) is 58.8 Å². The number of hydrogen-bond acceptors (Lipinski definition) is 3. The maximum absolute atomic E-state index is 6.31. The quantitative estimate of drug-likeness (QED) is 0.186. The summed E-state index contributed by atoms with van der Waals surface area (Å²) in [6.45, 7) is 4.82. The first-order chi connectivity index (χ1) is 24.1. The van der Waals surface area contributed by atoms with Gasteiger partial charge in [0.05, 0.1) is 22.4 Å². The van der Waals surface area contributed by atoms with E-state index >= 15 is 0 Å². The Bertz CT molecular complexity index is 2790. The number of ether oxygens (including phenoxy) is 1. The topological polar surface area (TPSA) is 17.4 Å². The van der Waals surface area contributed by atoms with Gasteiger partial charge in [-0.05, 0) is 77.4 Å². The van der Waals surface area contributed by atoms with E-state index in [1.165, 1.54) is 64.2 Å². The average molecular weight is 647 g/mol. The van der Waals surface area contributed by atoms with Crippen LogP contribution in [0.3, 0.4) is 0 Å². The van der Waals surface area contributed by atoms with E-state index < -0.39 is 0 Å². The Balaban J connectivity index is 1.23. The highest BCUT2D eigenvalue weighted by Crippen LogP contribution is 2.59. The summed E-state index contributed by atoms with van der Waals surface area (Å²) in [5.74, 6) is 1.72. The molecule has 0 fully saturated rings. The van der Waals surface area contributed by atoms with Gasteiger partial charge in [-0.2, -0.15) is 0 Å². The van der Waals surface area contributed by atoms with Gasteiger partial charge in [0.15, 0.2) is 11.5 Å². The molecule has 11 rings (SSSR count). The Labute approximate surface area is 287 Å². The fourth-order valence-corrected chi connectivity index (χ4v) is 9.96. The van der Waals surface area contributed by atoms with Crippen LogP contribution in [-0.2, 0) is 5.41 Å². The van der Waals surface area contributed by atoms with Crippen molar-refractivity contribution >= 4 is 70.4 Å². The summed E-state index contributed by atoms with van der Waals surface area (Å²) in [5, 5.41) is 5.33.